The maximum Gasteiger partial charge on any atom is 0.224 e. The normalized spacial score (nSPS) is 14.0. The molecule has 1 aromatic heterocycles. The molecule has 0 atom stereocenters. The van der Waals surface area contributed by atoms with Crippen LogP contribution in [0, 0.1) is 12.7 Å². The highest BCUT2D eigenvalue weighted by atomic mass is 19.1. The minimum absolute atomic E-state index is 0.205. The molecule has 1 heterocycles. The van der Waals surface area contributed by atoms with E-state index >= 15 is 0 Å². The molecule has 26 heavy (non-hydrogen) atoms. The molecule has 2 aromatic rings. The zero-order chi connectivity index (χ0) is 18.2. The maximum atomic E-state index is 12.9. The third-order valence-electron chi connectivity index (χ3n) is 4.60. The quantitative estimate of drug-likeness (QED) is 0.663. The lowest BCUT2D eigenvalue weighted by Crippen LogP contribution is -2.11. The van der Waals surface area contributed by atoms with Crippen LogP contribution >= 0.6 is 0 Å². The van der Waals surface area contributed by atoms with Crippen LogP contribution in [-0.4, -0.2) is 23.1 Å². The molecule has 0 unspecified atom stereocenters. The van der Waals surface area contributed by atoms with Gasteiger partial charge in [-0.25, -0.2) is 9.37 Å². The Balaban J connectivity index is 1.48. The van der Waals surface area contributed by atoms with Crippen LogP contribution < -0.4 is 10.6 Å². The van der Waals surface area contributed by atoms with Crippen LogP contribution in [0.2, 0.25) is 0 Å². The van der Waals surface area contributed by atoms with E-state index in [1.807, 2.05) is 13.0 Å². The van der Waals surface area contributed by atoms with Crippen LogP contribution in [0.25, 0.3) is 0 Å². The van der Waals surface area contributed by atoms with Crippen LogP contribution in [0.15, 0.2) is 42.0 Å². The first-order valence-electron chi connectivity index (χ1n) is 9.45. The molecule has 0 amide bonds. The number of aromatic nitrogens is 2. The minimum atomic E-state index is -0.205. The van der Waals surface area contributed by atoms with Crippen molar-refractivity contribution in [1.29, 1.82) is 0 Å². The molecule has 1 aliphatic rings. The molecule has 1 aromatic carbocycles. The van der Waals surface area contributed by atoms with Crippen molar-refractivity contribution in [3.8, 4) is 0 Å². The number of halogens is 1. The van der Waals surface area contributed by atoms with Gasteiger partial charge in [-0.2, -0.15) is 4.98 Å². The Morgan fingerprint density at radius 3 is 2.58 bits per heavy atom. The average Bonchev–Trinajstić information content (AvgIpc) is 2.64. The number of benzene rings is 1. The van der Waals surface area contributed by atoms with Gasteiger partial charge >= 0.3 is 0 Å². The molecule has 4 nitrogen and oxygen atoms in total. The molecular formula is C21H27FN4. The zero-order valence-electron chi connectivity index (χ0n) is 15.4. The number of hydrogen-bond acceptors (Lipinski definition) is 4. The highest BCUT2D eigenvalue weighted by molar-refractivity contribution is 5.42. The molecule has 0 radical (unpaired) electrons. The number of nitrogens with one attached hydrogen (secondary N) is 2. The molecule has 0 bridgehead atoms. The second-order valence-corrected chi connectivity index (χ2v) is 6.81. The smallest absolute Gasteiger partial charge is 0.224 e. The summed E-state index contributed by atoms with van der Waals surface area (Å²) >= 11 is 0. The largest absolute Gasteiger partial charge is 0.370 e. The Labute approximate surface area is 155 Å². The van der Waals surface area contributed by atoms with Crippen molar-refractivity contribution in [2.45, 2.75) is 45.4 Å². The van der Waals surface area contributed by atoms with Crippen LogP contribution in [-0.2, 0) is 6.42 Å². The second-order valence-electron chi connectivity index (χ2n) is 6.81. The predicted molar refractivity (Wildman–Crippen MR) is 105 cm³/mol. The van der Waals surface area contributed by atoms with Crippen molar-refractivity contribution in [3.63, 3.8) is 0 Å². The Morgan fingerprint density at radius 1 is 1.00 bits per heavy atom. The summed E-state index contributed by atoms with van der Waals surface area (Å²) in [7, 11) is 0. The van der Waals surface area contributed by atoms with Crippen molar-refractivity contribution in [2.75, 3.05) is 23.7 Å². The van der Waals surface area contributed by atoms with Gasteiger partial charge in [-0.05, 0) is 63.1 Å². The van der Waals surface area contributed by atoms with Crippen molar-refractivity contribution in [2.24, 2.45) is 0 Å². The van der Waals surface area contributed by atoms with E-state index in [1.165, 1.54) is 37.8 Å². The summed E-state index contributed by atoms with van der Waals surface area (Å²) in [5.41, 5.74) is 3.58. The highest BCUT2D eigenvalue weighted by Gasteiger charge is 2.05. The molecule has 2 N–H and O–H groups in total. The predicted octanol–water partition coefficient (Wildman–Crippen LogP) is 4.88. The van der Waals surface area contributed by atoms with E-state index in [0.717, 1.165) is 36.5 Å². The zero-order valence-corrected chi connectivity index (χ0v) is 15.4. The van der Waals surface area contributed by atoms with Crippen LogP contribution in [0.3, 0.4) is 0 Å². The molecule has 0 fully saturated rings. The number of rotatable bonds is 8. The van der Waals surface area contributed by atoms with Crippen molar-refractivity contribution < 1.29 is 4.39 Å². The summed E-state index contributed by atoms with van der Waals surface area (Å²) in [6.07, 6.45) is 9.38. The van der Waals surface area contributed by atoms with Gasteiger partial charge < -0.3 is 10.6 Å². The average molecular weight is 354 g/mol. The van der Waals surface area contributed by atoms with Gasteiger partial charge in [-0.3, -0.25) is 0 Å². The Hall–Kier alpha value is -2.43. The third kappa shape index (κ3) is 5.83. The van der Waals surface area contributed by atoms with Crippen molar-refractivity contribution in [3.05, 3.63) is 59.1 Å². The summed E-state index contributed by atoms with van der Waals surface area (Å²) in [4.78, 5) is 8.99. The molecular weight excluding hydrogens is 327 g/mol. The fraction of sp³-hybridized carbons (Fsp3) is 0.429. The van der Waals surface area contributed by atoms with Crippen LogP contribution in [0.4, 0.5) is 16.2 Å². The molecule has 3 rings (SSSR count). The lowest BCUT2D eigenvalue weighted by atomic mass is 9.97. The Bertz CT molecular complexity index is 740. The molecule has 0 aliphatic heterocycles. The lowest BCUT2D eigenvalue weighted by molar-refractivity contribution is 0.627. The van der Waals surface area contributed by atoms with Crippen molar-refractivity contribution >= 4 is 11.8 Å². The van der Waals surface area contributed by atoms with Gasteiger partial charge in [-0.15, -0.1) is 0 Å². The minimum Gasteiger partial charge on any atom is -0.370 e. The van der Waals surface area contributed by atoms with Gasteiger partial charge in [-0.1, -0.05) is 23.8 Å². The van der Waals surface area contributed by atoms with E-state index in [1.54, 1.807) is 17.7 Å². The van der Waals surface area contributed by atoms with E-state index in [2.05, 4.69) is 26.7 Å². The van der Waals surface area contributed by atoms with E-state index in [4.69, 9.17) is 0 Å². The number of hydrogen-bond donors (Lipinski definition) is 2. The van der Waals surface area contributed by atoms with Gasteiger partial charge in [0.1, 0.15) is 11.6 Å². The van der Waals surface area contributed by atoms with Gasteiger partial charge in [0.2, 0.25) is 5.95 Å². The third-order valence-corrected chi connectivity index (χ3v) is 4.60. The van der Waals surface area contributed by atoms with Gasteiger partial charge in [0.25, 0.3) is 0 Å². The fourth-order valence-corrected chi connectivity index (χ4v) is 3.19. The lowest BCUT2D eigenvalue weighted by Gasteiger charge is -2.14. The van der Waals surface area contributed by atoms with Crippen LogP contribution in [0.5, 0.6) is 0 Å². The molecule has 1 aliphatic carbocycles. The monoisotopic (exact) mass is 354 g/mol. The number of aryl methyl sites for hydroxylation is 1. The fourth-order valence-electron chi connectivity index (χ4n) is 3.19. The number of anilines is 2. The van der Waals surface area contributed by atoms with E-state index in [9.17, 15) is 4.39 Å². The molecule has 0 saturated carbocycles. The molecule has 138 valence electrons. The SMILES string of the molecule is Cc1cc(NCCC2=CCCCC2)nc(NCCc2ccc(F)cc2)n1. The summed E-state index contributed by atoms with van der Waals surface area (Å²) in [5.74, 6) is 1.29. The van der Waals surface area contributed by atoms with Gasteiger partial charge in [0, 0.05) is 24.8 Å². The standard InChI is InChI=1S/C21H27FN4/c1-16-15-20(23-13-11-17-5-3-2-4-6-17)26-21(25-16)24-14-12-18-7-9-19(22)10-8-18/h5,7-10,15H,2-4,6,11-14H2,1H3,(H2,23,24,25,26). The summed E-state index contributed by atoms with van der Waals surface area (Å²) < 4.78 is 12.9. The number of allylic oxidation sites excluding steroid dienone is 1. The highest BCUT2D eigenvalue weighted by Crippen LogP contribution is 2.20. The topological polar surface area (TPSA) is 49.8 Å². The first kappa shape index (κ1) is 18.4. The van der Waals surface area contributed by atoms with E-state index in [0.29, 0.717) is 12.5 Å². The Kier molecular flexibility index (Phi) is 6.58. The summed E-state index contributed by atoms with van der Waals surface area (Å²) in [6, 6.07) is 8.56. The van der Waals surface area contributed by atoms with Gasteiger partial charge in [0.05, 0.1) is 0 Å². The van der Waals surface area contributed by atoms with E-state index < -0.39 is 0 Å². The summed E-state index contributed by atoms with van der Waals surface area (Å²) in [5, 5.41) is 6.68. The van der Waals surface area contributed by atoms with Crippen molar-refractivity contribution in [1.82, 2.24) is 9.97 Å². The maximum absolute atomic E-state index is 12.9. The number of nitrogens with zero attached hydrogens (tertiary/aromatic N) is 2. The Morgan fingerprint density at radius 2 is 1.81 bits per heavy atom. The molecule has 5 heteroatoms. The summed E-state index contributed by atoms with van der Waals surface area (Å²) in [6.45, 7) is 3.58. The van der Waals surface area contributed by atoms with E-state index in [-0.39, 0.29) is 5.82 Å². The second kappa shape index (κ2) is 9.32. The van der Waals surface area contributed by atoms with Gasteiger partial charge in [0.15, 0.2) is 0 Å². The molecule has 0 spiro atoms. The van der Waals surface area contributed by atoms with Crippen LogP contribution in [0.1, 0.15) is 43.4 Å². The first-order valence-corrected chi connectivity index (χ1v) is 9.45. The molecule has 0 saturated heterocycles. The first-order chi connectivity index (χ1) is 12.7.